The molecular weight excluding hydrogens is 715 g/mol. The van der Waals surface area contributed by atoms with Gasteiger partial charge in [-0.1, -0.05) is 182 Å². The summed E-state index contributed by atoms with van der Waals surface area (Å²) in [6, 6.07) is 72.8. The second-order valence-electron chi connectivity index (χ2n) is 15.5. The molecule has 10 aromatic rings. The summed E-state index contributed by atoms with van der Waals surface area (Å²) in [5.74, 6) is 0.692. The van der Waals surface area contributed by atoms with Gasteiger partial charge in [0.1, 0.15) is 0 Å². The Morgan fingerprint density at radius 3 is 1.69 bits per heavy atom. The first-order valence-electron chi connectivity index (χ1n) is 20.2. The van der Waals surface area contributed by atoms with Crippen molar-refractivity contribution in [3.8, 4) is 78.4 Å². The van der Waals surface area contributed by atoms with Gasteiger partial charge in [-0.3, -0.25) is 4.98 Å². The van der Waals surface area contributed by atoms with Crippen molar-refractivity contribution in [2.75, 3.05) is 0 Å². The zero-order valence-corrected chi connectivity index (χ0v) is 32.0. The quantitative estimate of drug-likeness (QED) is 0.180. The first-order chi connectivity index (χ1) is 29.3. The Morgan fingerprint density at radius 2 is 0.932 bits per heavy atom. The molecule has 1 spiro atoms. The Morgan fingerprint density at radius 1 is 0.339 bits per heavy atom. The molecule has 2 aliphatic rings. The van der Waals surface area contributed by atoms with E-state index in [0.29, 0.717) is 5.82 Å². The summed E-state index contributed by atoms with van der Waals surface area (Å²) in [5, 5.41) is 2.52. The summed E-state index contributed by atoms with van der Waals surface area (Å²) in [5.41, 5.74) is 19.0. The number of aromatic nitrogens is 3. The van der Waals surface area contributed by atoms with E-state index in [0.717, 1.165) is 39.2 Å². The highest BCUT2D eigenvalue weighted by Crippen LogP contribution is 2.62. The number of hydrogen-bond donors (Lipinski definition) is 0. The fourth-order valence-electron chi connectivity index (χ4n) is 9.85. The van der Waals surface area contributed by atoms with Gasteiger partial charge >= 0.3 is 0 Å². The van der Waals surface area contributed by atoms with Crippen molar-refractivity contribution in [2.24, 2.45) is 0 Å². The van der Waals surface area contributed by atoms with E-state index in [-0.39, 0.29) is 0 Å². The van der Waals surface area contributed by atoms with Crippen LogP contribution >= 0.6 is 0 Å². The molecule has 0 saturated heterocycles. The Kier molecular flexibility index (Phi) is 7.45. The minimum atomic E-state index is -0.614. The maximum atomic E-state index is 5.35. The van der Waals surface area contributed by atoms with Crippen molar-refractivity contribution in [3.05, 3.63) is 235 Å². The lowest BCUT2D eigenvalue weighted by Gasteiger charge is -2.35. The molecule has 1 atom stereocenters. The second-order valence-corrected chi connectivity index (χ2v) is 15.5. The lowest BCUT2D eigenvalue weighted by atomic mass is 9.65. The van der Waals surface area contributed by atoms with Crippen LogP contribution in [0.2, 0.25) is 0 Å². The topological polar surface area (TPSA) is 38.7 Å². The molecule has 2 aliphatic carbocycles. The Bertz CT molecular complexity index is 3260. The molecule has 0 amide bonds. The van der Waals surface area contributed by atoms with Crippen molar-refractivity contribution in [1.29, 1.82) is 0 Å². The van der Waals surface area contributed by atoms with Crippen molar-refractivity contribution >= 4 is 10.8 Å². The number of rotatable bonds is 4. The van der Waals surface area contributed by atoms with Crippen LogP contribution in [0.15, 0.2) is 213 Å². The zero-order chi connectivity index (χ0) is 38.9. The molecule has 12 rings (SSSR count). The van der Waals surface area contributed by atoms with Crippen LogP contribution in [0.4, 0.5) is 0 Å². The fraction of sp³-hybridized carbons (Fsp3) is 0.0179. The van der Waals surface area contributed by atoms with Crippen molar-refractivity contribution in [2.45, 2.75) is 5.41 Å². The van der Waals surface area contributed by atoms with Gasteiger partial charge < -0.3 is 0 Å². The molecule has 2 aromatic heterocycles. The summed E-state index contributed by atoms with van der Waals surface area (Å²) in [6.45, 7) is 0. The maximum absolute atomic E-state index is 5.35. The highest BCUT2D eigenvalue weighted by Gasteiger charge is 2.50. The summed E-state index contributed by atoms with van der Waals surface area (Å²) >= 11 is 0. The molecule has 274 valence electrons. The smallest absolute Gasteiger partial charge is 0.160 e. The predicted octanol–water partition coefficient (Wildman–Crippen LogP) is 13.7. The zero-order valence-electron chi connectivity index (χ0n) is 32.0. The van der Waals surface area contributed by atoms with Crippen LogP contribution in [-0.4, -0.2) is 15.0 Å². The summed E-state index contributed by atoms with van der Waals surface area (Å²) in [7, 11) is 0. The average molecular weight is 750 g/mol. The van der Waals surface area contributed by atoms with Gasteiger partial charge in [0.25, 0.3) is 0 Å². The van der Waals surface area contributed by atoms with Crippen LogP contribution in [0.1, 0.15) is 22.3 Å². The Hall–Kier alpha value is -7.75. The molecule has 0 bridgehead atoms. The van der Waals surface area contributed by atoms with Crippen LogP contribution in [0, 0.1) is 0 Å². The van der Waals surface area contributed by atoms with E-state index in [1.165, 1.54) is 66.4 Å². The molecular formula is C56H35N3. The lowest BCUT2D eigenvalue weighted by Crippen LogP contribution is -2.29. The predicted molar refractivity (Wildman–Crippen MR) is 241 cm³/mol. The first kappa shape index (κ1) is 33.4. The van der Waals surface area contributed by atoms with Crippen LogP contribution in [0.5, 0.6) is 0 Å². The molecule has 0 aliphatic heterocycles. The van der Waals surface area contributed by atoms with Gasteiger partial charge in [0.15, 0.2) is 5.82 Å². The number of nitrogens with zero attached hydrogens (tertiary/aromatic N) is 3. The second kappa shape index (κ2) is 13.2. The van der Waals surface area contributed by atoms with Gasteiger partial charge in [-0.25, -0.2) is 9.97 Å². The average Bonchev–Trinajstić information content (AvgIpc) is 3.57. The van der Waals surface area contributed by atoms with Crippen molar-refractivity contribution in [3.63, 3.8) is 0 Å². The van der Waals surface area contributed by atoms with Crippen LogP contribution in [0.25, 0.3) is 89.2 Å². The monoisotopic (exact) mass is 749 g/mol. The van der Waals surface area contributed by atoms with E-state index in [2.05, 4.69) is 181 Å². The minimum absolute atomic E-state index is 0.614. The van der Waals surface area contributed by atoms with E-state index in [1.54, 1.807) is 6.20 Å². The summed E-state index contributed by atoms with van der Waals surface area (Å²) in [4.78, 5) is 14.9. The number of benzene rings is 8. The van der Waals surface area contributed by atoms with Gasteiger partial charge in [0, 0.05) is 29.1 Å². The van der Waals surface area contributed by atoms with E-state index in [4.69, 9.17) is 9.97 Å². The first-order valence-corrected chi connectivity index (χ1v) is 20.2. The SMILES string of the molecule is c1ccc(-c2nc(-c3ccc(-c4cccnc4)cc3)cc(-c3ccc4c(c3)C3(c5ccccc5-c5ccccc5-4)c4ccccc4-c4c3ccc3ccccc43)n2)cc1. The van der Waals surface area contributed by atoms with Gasteiger partial charge in [-0.2, -0.15) is 0 Å². The Labute approximate surface area is 343 Å². The molecule has 0 N–H and O–H groups in total. The molecule has 3 heteroatoms. The summed E-state index contributed by atoms with van der Waals surface area (Å²) < 4.78 is 0. The van der Waals surface area contributed by atoms with Crippen LogP contribution < -0.4 is 0 Å². The van der Waals surface area contributed by atoms with E-state index < -0.39 is 5.41 Å². The molecule has 1 unspecified atom stereocenters. The lowest BCUT2D eigenvalue weighted by molar-refractivity contribution is 0.776. The van der Waals surface area contributed by atoms with Crippen molar-refractivity contribution in [1.82, 2.24) is 15.0 Å². The normalized spacial score (nSPS) is 14.5. The number of fused-ring (bicyclic) bond motifs is 14. The van der Waals surface area contributed by atoms with E-state index in [9.17, 15) is 0 Å². The van der Waals surface area contributed by atoms with Crippen molar-refractivity contribution < 1.29 is 0 Å². The fourth-order valence-corrected chi connectivity index (χ4v) is 9.85. The highest BCUT2D eigenvalue weighted by molar-refractivity contribution is 6.06. The summed E-state index contributed by atoms with van der Waals surface area (Å²) in [6.07, 6.45) is 3.70. The van der Waals surface area contributed by atoms with Gasteiger partial charge in [0.05, 0.1) is 16.8 Å². The minimum Gasteiger partial charge on any atom is -0.264 e. The van der Waals surface area contributed by atoms with E-state index in [1.807, 2.05) is 30.5 Å². The van der Waals surface area contributed by atoms with E-state index >= 15 is 0 Å². The molecule has 2 heterocycles. The third-order valence-electron chi connectivity index (χ3n) is 12.4. The highest BCUT2D eigenvalue weighted by atomic mass is 14.9. The van der Waals surface area contributed by atoms with Gasteiger partial charge in [-0.05, 0) is 95.7 Å². The largest absolute Gasteiger partial charge is 0.264 e. The maximum Gasteiger partial charge on any atom is 0.160 e. The molecule has 0 fully saturated rings. The van der Waals surface area contributed by atoms with Gasteiger partial charge in [-0.15, -0.1) is 0 Å². The molecule has 8 aromatic carbocycles. The molecule has 59 heavy (non-hydrogen) atoms. The molecule has 3 nitrogen and oxygen atoms in total. The number of pyridine rings is 1. The molecule has 0 saturated carbocycles. The third-order valence-corrected chi connectivity index (χ3v) is 12.4. The Balaban J connectivity index is 1.15. The standard InChI is InChI=1S/C56H35N3/c1-2-14-39(15-3-1)55-58-52(38-26-24-36(25-27-38)41-16-12-32-57-35-41)34-53(59-55)40-28-30-46-44-19-7-6-18-43(44)45-20-8-10-22-48(45)56(51(46)33-40)49-23-11-9-21-47(49)54-42-17-5-4-13-37(42)29-31-50(54)56/h1-35H. The third kappa shape index (κ3) is 5.05. The molecule has 0 radical (unpaired) electrons. The number of hydrogen-bond acceptors (Lipinski definition) is 3. The van der Waals surface area contributed by atoms with Gasteiger partial charge in [0.2, 0.25) is 0 Å². The van der Waals surface area contributed by atoms with Crippen LogP contribution in [0.3, 0.4) is 0 Å². The van der Waals surface area contributed by atoms with Crippen LogP contribution in [-0.2, 0) is 5.41 Å².